The smallest absolute Gasteiger partial charge is 0.295 e. The standard InChI is InChI=1S/C27H34N2O3/c1-6-20-11-13-21(14-12-20)24-23(25(30)22-17-18(4)9-10-19(22)5)26(31)27(32)29(24)16-15-28(7-2)8-3/h9-14,17,24,30H,6-8,15-16H2,1-5H3. The van der Waals surface area contributed by atoms with Crippen molar-refractivity contribution in [2.24, 2.45) is 0 Å². The molecule has 0 bridgehead atoms. The lowest BCUT2D eigenvalue weighted by atomic mass is 9.92. The highest BCUT2D eigenvalue weighted by Crippen LogP contribution is 2.40. The predicted octanol–water partition coefficient (Wildman–Crippen LogP) is 4.63. The van der Waals surface area contributed by atoms with Gasteiger partial charge >= 0.3 is 0 Å². The van der Waals surface area contributed by atoms with Crippen molar-refractivity contribution >= 4 is 17.4 Å². The summed E-state index contributed by atoms with van der Waals surface area (Å²) in [5, 5.41) is 11.3. The lowest BCUT2D eigenvalue weighted by Gasteiger charge is -2.28. The number of aliphatic hydroxyl groups excluding tert-OH is 1. The van der Waals surface area contributed by atoms with Crippen molar-refractivity contribution in [3.05, 3.63) is 75.9 Å². The summed E-state index contributed by atoms with van der Waals surface area (Å²) in [5.41, 5.74) is 4.64. The van der Waals surface area contributed by atoms with E-state index in [0.29, 0.717) is 18.7 Å². The third-order valence-corrected chi connectivity index (χ3v) is 6.44. The second-order valence-corrected chi connectivity index (χ2v) is 8.43. The van der Waals surface area contributed by atoms with Gasteiger partial charge in [0, 0.05) is 18.7 Å². The van der Waals surface area contributed by atoms with Crippen molar-refractivity contribution < 1.29 is 14.7 Å². The van der Waals surface area contributed by atoms with Crippen molar-refractivity contribution in [2.75, 3.05) is 26.2 Å². The average Bonchev–Trinajstić information content (AvgIpc) is 3.05. The Balaban J connectivity index is 2.13. The Morgan fingerprint density at radius 3 is 2.25 bits per heavy atom. The summed E-state index contributed by atoms with van der Waals surface area (Å²) >= 11 is 0. The second-order valence-electron chi connectivity index (χ2n) is 8.43. The van der Waals surface area contributed by atoms with E-state index < -0.39 is 17.7 Å². The molecule has 1 aliphatic rings. The molecule has 1 heterocycles. The average molecular weight is 435 g/mol. The number of Topliss-reactive ketones (excluding diaryl/α,β-unsaturated/α-hetero) is 1. The summed E-state index contributed by atoms with van der Waals surface area (Å²) in [7, 11) is 0. The molecule has 1 atom stereocenters. The number of hydrogen-bond donors (Lipinski definition) is 1. The largest absolute Gasteiger partial charge is 0.507 e. The number of rotatable bonds is 8. The molecule has 5 heteroatoms. The van der Waals surface area contributed by atoms with E-state index in [-0.39, 0.29) is 11.3 Å². The molecule has 0 radical (unpaired) electrons. The van der Waals surface area contributed by atoms with Gasteiger partial charge in [-0.05, 0) is 56.1 Å². The second kappa shape index (κ2) is 10.1. The molecule has 1 aliphatic heterocycles. The van der Waals surface area contributed by atoms with Gasteiger partial charge in [0.05, 0.1) is 11.6 Å². The number of carbonyl (C=O) groups is 2. The van der Waals surface area contributed by atoms with Gasteiger partial charge in [0.1, 0.15) is 5.76 Å². The number of aliphatic hydroxyl groups is 1. The van der Waals surface area contributed by atoms with Crippen LogP contribution in [0.1, 0.15) is 54.6 Å². The maximum atomic E-state index is 13.2. The molecule has 0 aromatic heterocycles. The SMILES string of the molecule is CCc1ccc(C2C(=C(O)c3cc(C)ccc3C)C(=O)C(=O)N2CCN(CC)CC)cc1. The number of amides is 1. The van der Waals surface area contributed by atoms with E-state index in [4.69, 9.17) is 0 Å². The van der Waals surface area contributed by atoms with E-state index in [2.05, 4.69) is 25.7 Å². The van der Waals surface area contributed by atoms with Crippen molar-refractivity contribution in [2.45, 2.75) is 47.1 Å². The number of carbonyl (C=O) groups excluding carboxylic acids is 2. The Kier molecular flexibility index (Phi) is 7.52. The zero-order valence-corrected chi connectivity index (χ0v) is 19.8. The van der Waals surface area contributed by atoms with Crippen LogP contribution in [0.4, 0.5) is 0 Å². The van der Waals surface area contributed by atoms with Crippen LogP contribution in [0.2, 0.25) is 0 Å². The lowest BCUT2D eigenvalue weighted by molar-refractivity contribution is -0.140. The molecule has 1 N–H and O–H groups in total. The van der Waals surface area contributed by atoms with Gasteiger partial charge in [-0.1, -0.05) is 62.7 Å². The number of hydrogen-bond acceptors (Lipinski definition) is 4. The highest BCUT2D eigenvalue weighted by molar-refractivity contribution is 6.46. The molecule has 5 nitrogen and oxygen atoms in total. The first-order valence-corrected chi connectivity index (χ1v) is 11.5. The van der Waals surface area contributed by atoms with Crippen LogP contribution in [-0.4, -0.2) is 52.8 Å². The van der Waals surface area contributed by atoms with Crippen LogP contribution in [0.5, 0.6) is 0 Å². The zero-order chi connectivity index (χ0) is 23.4. The van der Waals surface area contributed by atoms with Crippen LogP contribution in [-0.2, 0) is 16.0 Å². The number of benzene rings is 2. The summed E-state index contributed by atoms with van der Waals surface area (Å²) in [6.07, 6.45) is 0.908. The molecule has 2 aromatic rings. The summed E-state index contributed by atoms with van der Waals surface area (Å²) in [6.45, 7) is 12.9. The fraction of sp³-hybridized carbons (Fsp3) is 0.407. The third kappa shape index (κ3) is 4.63. The minimum Gasteiger partial charge on any atom is -0.507 e. The number of ketones is 1. The van der Waals surface area contributed by atoms with Gasteiger partial charge in [-0.15, -0.1) is 0 Å². The van der Waals surface area contributed by atoms with Gasteiger partial charge in [0.2, 0.25) is 0 Å². The molecular weight excluding hydrogens is 400 g/mol. The lowest BCUT2D eigenvalue weighted by Crippen LogP contribution is -2.38. The van der Waals surface area contributed by atoms with Crippen LogP contribution >= 0.6 is 0 Å². The highest BCUT2D eigenvalue weighted by Gasteiger charge is 2.46. The van der Waals surface area contributed by atoms with E-state index >= 15 is 0 Å². The molecule has 1 amide bonds. The zero-order valence-electron chi connectivity index (χ0n) is 19.8. The molecule has 0 aliphatic carbocycles. The summed E-state index contributed by atoms with van der Waals surface area (Å²) in [6, 6.07) is 13.1. The van der Waals surface area contributed by atoms with E-state index in [1.165, 1.54) is 5.56 Å². The number of aryl methyl sites for hydroxylation is 3. The Hall–Kier alpha value is -2.92. The van der Waals surface area contributed by atoms with Crippen molar-refractivity contribution in [3.8, 4) is 0 Å². The van der Waals surface area contributed by atoms with Crippen molar-refractivity contribution in [3.63, 3.8) is 0 Å². The molecule has 32 heavy (non-hydrogen) atoms. The fourth-order valence-electron chi connectivity index (χ4n) is 4.32. The molecule has 3 rings (SSSR count). The molecule has 0 saturated carbocycles. The first-order valence-electron chi connectivity index (χ1n) is 11.5. The summed E-state index contributed by atoms with van der Waals surface area (Å²) < 4.78 is 0. The van der Waals surface area contributed by atoms with Crippen molar-refractivity contribution in [1.82, 2.24) is 9.80 Å². The van der Waals surface area contributed by atoms with E-state index in [9.17, 15) is 14.7 Å². The third-order valence-electron chi connectivity index (χ3n) is 6.44. The maximum absolute atomic E-state index is 13.2. The molecular formula is C27H34N2O3. The highest BCUT2D eigenvalue weighted by atomic mass is 16.3. The van der Waals surface area contributed by atoms with E-state index in [0.717, 1.165) is 36.2 Å². The Morgan fingerprint density at radius 2 is 1.66 bits per heavy atom. The van der Waals surface area contributed by atoms with Crippen LogP contribution in [0.3, 0.4) is 0 Å². The van der Waals surface area contributed by atoms with Crippen LogP contribution < -0.4 is 0 Å². The van der Waals surface area contributed by atoms with Crippen molar-refractivity contribution in [1.29, 1.82) is 0 Å². The van der Waals surface area contributed by atoms with Gasteiger partial charge in [0.25, 0.3) is 11.7 Å². The quantitative estimate of drug-likeness (QED) is 0.374. The minimum atomic E-state index is -0.618. The molecule has 1 unspecified atom stereocenters. The van der Waals surface area contributed by atoms with Gasteiger partial charge < -0.3 is 14.9 Å². The molecule has 170 valence electrons. The van der Waals surface area contributed by atoms with Gasteiger partial charge in [-0.25, -0.2) is 0 Å². The first kappa shape index (κ1) is 23.7. The number of likely N-dealkylation sites (tertiary alicyclic amines) is 1. The normalized spacial score (nSPS) is 18.1. The summed E-state index contributed by atoms with van der Waals surface area (Å²) in [5.74, 6) is -1.26. The predicted molar refractivity (Wildman–Crippen MR) is 129 cm³/mol. The Bertz CT molecular complexity index is 1020. The van der Waals surface area contributed by atoms with Crippen LogP contribution in [0, 0.1) is 13.8 Å². The van der Waals surface area contributed by atoms with E-state index in [1.807, 2.05) is 56.3 Å². The topological polar surface area (TPSA) is 60.9 Å². The van der Waals surface area contributed by atoms with Crippen LogP contribution in [0.15, 0.2) is 48.0 Å². The first-order chi connectivity index (χ1) is 15.3. The number of nitrogens with zero attached hydrogens (tertiary/aromatic N) is 2. The van der Waals surface area contributed by atoms with Gasteiger partial charge in [-0.2, -0.15) is 0 Å². The van der Waals surface area contributed by atoms with Gasteiger partial charge in [-0.3, -0.25) is 9.59 Å². The maximum Gasteiger partial charge on any atom is 0.295 e. The number of likely N-dealkylation sites (N-methyl/N-ethyl adjacent to an activating group) is 1. The fourth-order valence-corrected chi connectivity index (χ4v) is 4.32. The molecule has 2 aromatic carbocycles. The summed E-state index contributed by atoms with van der Waals surface area (Å²) in [4.78, 5) is 30.2. The Labute approximate surface area is 191 Å². The van der Waals surface area contributed by atoms with Crippen LogP contribution in [0.25, 0.3) is 5.76 Å². The van der Waals surface area contributed by atoms with Gasteiger partial charge in [0.15, 0.2) is 0 Å². The minimum absolute atomic E-state index is 0.0977. The molecule has 1 fully saturated rings. The molecule has 0 spiro atoms. The Morgan fingerprint density at radius 1 is 1.00 bits per heavy atom. The van der Waals surface area contributed by atoms with E-state index in [1.54, 1.807) is 4.90 Å². The molecule has 1 saturated heterocycles. The monoisotopic (exact) mass is 434 g/mol.